The molecule has 1 aromatic heterocycles. The van der Waals surface area contributed by atoms with Crippen LogP contribution in [-0.2, 0) is 16.1 Å². The molecule has 0 radical (unpaired) electrons. The monoisotopic (exact) mass is 461 g/mol. The molecule has 0 saturated carbocycles. The summed E-state index contributed by atoms with van der Waals surface area (Å²) in [5, 5.41) is 6.71. The molecule has 3 rings (SSSR count). The number of carbonyl (C=O) groups excluding carboxylic acids is 1. The predicted octanol–water partition coefficient (Wildman–Crippen LogP) is 3.54. The maximum atomic E-state index is 14.4. The molecule has 0 unspecified atom stereocenters. The molecule has 170 valence electrons. The van der Waals surface area contributed by atoms with Crippen molar-refractivity contribution >= 4 is 39.9 Å². The van der Waals surface area contributed by atoms with Gasteiger partial charge in [-0.25, -0.2) is 14.4 Å². The average Bonchev–Trinajstić information content (AvgIpc) is 2.76. The van der Waals surface area contributed by atoms with Crippen LogP contribution in [0.25, 0.3) is 10.9 Å². The number of nitrogens with zero attached hydrogens (tertiary/aromatic N) is 2. The quantitative estimate of drug-likeness (QED) is 0.423. The normalized spacial score (nSPS) is 12.2. The van der Waals surface area contributed by atoms with Gasteiger partial charge >= 0.3 is 0 Å². The summed E-state index contributed by atoms with van der Waals surface area (Å²) in [5.41, 5.74) is 7.02. The molecule has 0 spiro atoms. The van der Waals surface area contributed by atoms with Gasteiger partial charge in [-0.05, 0) is 32.0 Å². The Balaban J connectivity index is 1.92. The molecule has 1 atom stereocenters. The topological polar surface area (TPSA) is 111 Å². The summed E-state index contributed by atoms with van der Waals surface area (Å²) in [6.45, 7) is 4.17. The fourth-order valence-corrected chi connectivity index (χ4v) is 3.22. The van der Waals surface area contributed by atoms with E-state index in [1.807, 2.05) is 19.9 Å². The van der Waals surface area contributed by atoms with Crippen LogP contribution in [0.4, 0.5) is 15.9 Å². The third-order valence-electron chi connectivity index (χ3n) is 4.72. The first kappa shape index (κ1) is 23.6. The molecule has 0 aliphatic rings. The van der Waals surface area contributed by atoms with E-state index in [1.165, 1.54) is 12.4 Å². The molecule has 0 bridgehead atoms. The first-order valence-electron chi connectivity index (χ1n) is 9.97. The van der Waals surface area contributed by atoms with E-state index in [0.29, 0.717) is 22.5 Å². The number of nitrogens with two attached hydrogens (primary N) is 1. The Kier molecular flexibility index (Phi) is 7.79. The molecular formula is C22H25ClFN5O3. The molecule has 1 heterocycles. The molecule has 0 aliphatic heterocycles. The zero-order valence-electron chi connectivity index (χ0n) is 18.0. The van der Waals surface area contributed by atoms with Crippen LogP contribution in [0.15, 0.2) is 36.7 Å². The number of hydrogen-bond acceptors (Lipinski definition) is 7. The summed E-state index contributed by atoms with van der Waals surface area (Å²) in [4.78, 5) is 20.3. The van der Waals surface area contributed by atoms with Crippen molar-refractivity contribution in [2.45, 2.75) is 32.5 Å². The van der Waals surface area contributed by atoms with Gasteiger partial charge < -0.3 is 20.5 Å². The van der Waals surface area contributed by atoms with Crippen LogP contribution in [0.2, 0.25) is 5.02 Å². The number of ether oxygens (including phenoxy) is 2. The number of anilines is 2. The Labute approximate surface area is 190 Å². The van der Waals surface area contributed by atoms with Gasteiger partial charge in [0.25, 0.3) is 0 Å². The van der Waals surface area contributed by atoms with Crippen molar-refractivity contribution in [3.63, 3.8) is 0 Å². The number of primary amides is 1. The second kappa shape index (κ2) is 10.5. The molecule has 0 saturated heterocycles. The number of nitrogens with one attached hydrogen (secondary N) is 2. The standard InChI is InChI=1S/C22H25ClFN5O3/c1-12(2)32-10-18(21(25)30)26-9-13-7-14-17(8-19(13)31-3)27-11-28-22(14)29-16-6-4-5-15(23)20(16)24/h4-8,11-12,18,26H,9-10H2,1-3H3,(H2,25,30)(H,27,28,29)/t18-/m0/s1. The van der Waals surface area contributed by atoms with Crippen LogP contribution in [0.1, 0.15) is 19.4 Å². The van der Waals surface area contributed by atoms with Crippen molar-refractivity contribution < 1.29 is 18.7 Å². The van der Waals surface area contributed by atoms with Crippen molar-refractivity contribution in [2.75, 3.05) is 19.0 Å². The maximum absolute atomic E-state index is 14.4. The van der Waals surface area contributed by atoms with Gasteiger partial charge in [-0.3, -0.25) is 10.1 Å². The lowest BCUT2D eigenvalue weighted by molar-refractivity contribution is -0.122. The second-order valence-electron chi connectivity index (χ2n) is 7.35. The highest BCUT2D eigenvalue weighted by atomic mass is 35.5. The van der Waals surface area contributed by atoms with E-state index in [-0.39, 0.29) is 30.0 Å². The summed E-state index contributed by atoms with van der Waals surface area (Å²) >= 11 is 5.88. The fourth-order valence-electron chi connectivity index (χ4n) is 3.05. The minimum atomic E-state index is -0.678. The van der Waals surface area contributed by atoms with E-state index in [0.717, 1.165) is 5.56 Å². The molecule has 1 amide bonds. The lowest BCUT2D eigenvalue weighted by Crippen LogP contribution is -2.44. The highest BCUT2D eigenvalue weighted by molar-refractivity contribution is 6.31. The minimum Gasteiger partial charge on any atom is -0.496 e. The van der Waals surface area contributed by atoms with Crippen LogP contribution >= 0.6 is 11.6 Å². The third kappa shape index (κ3) is 5.61. The smallest absolute Gasteiger partial charge is 0.236 e. The summed E-state index contributed by atoms with van der Waals surface area (Å²) in [6.07, 6.45) is 1.34. The van der Waals surface area contributed by atoms with E-state index in [4.69, 9.17) is 26.8 Å². The predicted molar refractivity (Wildman–Crippen MR) is 122 cm³/mol. The summed E-state index contributed by atoms with van der Waals surface area (Å²) in [7, 11) is 1.54. The Morgan fingerprint density at radius 2 is 2.06 bits per heavy atom. The lowest BCUT2D eigenvalue weighted by atomic mass is 10.1. The summed E-state index contributed by atoms with van der Waals surface area (Å²) in [6, 6.07) is 7.55. The van der Waals surface area contributed by atoms with Crippen molar-refractivity contribution in [3.8, 4) is 5.75 Å². The molecule has 8 nitrogen and oxygen atoms in total. The van der Waals surface area contributed by atoms with Gasteiger partial charge in [0.15, 0.2) is 5.82 Å². The van der Waals surface area contributed by atoms with Crippen LogP contribution in [0.3, 0.4) is 0 Å². The number of methoxy groups -OCH3 is 1. The molecule has 32 heavy (non-hydrogen) atoms. The van der Waals surface area contributed by atoms with Gasteiger partial charge in [0.05, 0.1) is 36.0 Å². The molecular weight excluding hydrogens is 437 g/mol. The number of aromatic nitrogens is 2. The number of benzene rings is 2. The number of hydrogen-bond donors (Lipinski definition) is 3. The third-order valence-corrected chi connectivity index (χ3v) is 5.01. The van der Waals surface area contributed by atoms with Crippen LogP contribution in [0.5, 0.6) is 5.75 Å². The van der Waals surface area contributed by atoms with Crippen LogP contribution < -0.4 is 21.1 Å². The Morgan fingerprint density at radius 3 is 2.75 bits per heavy atom. The summed E-state index contributed by atoms with van der Waals surface area (Å²) in [5.74, 6) is -0.135. The lowest BCUT2D eigenvalue weighted by Gasteiger charge is -2.19. The first-order valence-corrected chi connectivity index (χ1v) is 10.3. The Bertz CT molecular complexity index is 1110. The fraction of sp³-hybridized carbons (Fsp3) is 0.318. The van der Waals surface area contributed by atoms with E-state index in [2.05, 4.69) is 20.6 Å². The SMILES string of the molecule is COc1cc2ncnc(Nc3cccc(Cl)c3F)c2cc1CN[C@@H](COC(C)C)C(N)=O. The van der Waals surface area contributed by atoms with Crippen molar-refractivity contribution in [1.29, 1.82) is 0 Å². The maximum Gasteiger partial charge on any atom is 0.236 e. The number of rotatable bonds is 10. The van der Waals surface area contributed by atoms with E-state index in [1.54, 1.807) is 25.3 Å². The zero-order chi connectivity index (χ0) is 23.3. The second-order valence-corrected chi connectivity index (χ2v) is 7.76. The number of halogens is 2. The number of carbonyl (C=O) groups is 1. The molecule has 0 aliphatic carbocycles. The molecule has 10 heteroatoms. The average molecular weight is 462 g/mol. The van der Waals surface area contributed by atoms with E-state index >= 15 is 0 Å². The first-order chi connectivity index (χ1) is 15.3. The van der Waals surface area contributed by atoms with Gasteiger partial charge in [0, 0.05) is 23.6 Å². The van der Waals surface area contributed by atoms with E-state index < -0.39 is 17.8 Å². The largest absolute Gasteiger partial charge is 0.496 e. The van der Waals surface area contributed by atoms with Crippen LogP contribution in [0, 0.1) is 5.82 Å². The van der Waals surface area contributed by atoms with Gasteiger partial charge in [-0.1, -0.05) is 17.7 Å². The van der Waals surface area contributed by atoms with Crippen LogP contribution in [-0.4, -0.2) is 41.7 Å². The Hall–Kier alpha value is -3.01. The van der Waals surface area contributed by atoms with Crippen molar-refractivity contribution in [2.24, 2.45) is 5.73 Å². The van der Waals surface area contributed by atoms with Gasteiger partial charge in [0.1, 0.15) is 23.9 Å². The minimum absolute atomic E-state index is 0.000954. The highest BCUT2D eigenvalue weighted by Crippen LogP contribution is 2.31. The van der Waals surface area contributed by atoms with Gasteiger partial charge in [-0.2, -0.15) is 0 Å². The van der Waals surface area contributed by atoms with Crippen molar-refractivity contribution in [1.82, 2.24) is 15.3 Å². The van der Waals surface area contributed by atoms with E-state index in [9.17, 15) is 9.18 Å². The van der Waals surface area contributed by atoms with Gasteiger partial charge in [-0.15, -0.1) is 0 Å². The van der Waals surface area contributed by atoms with Crippen molar-refractivity contribution in [3.05, 3.63) is 53.1 Å². The zero-order valence-corrected chi connectivity index (χ0v) is 18.7. The molecule has 0 fully saturated rings. The summed E-state index contributed by atoms with van der Waals surface area (Å²) < 4.78 is 25.4. The van der Waals surface area contributed by atoms with Gasteiger partial charge in [0.2, 0.25) is 5.91 Å². The number of fused-ring (bicyclic) bond motifs is 1. The number of amides is 1. The Morgan fingerprint density at radius 1 is 1.28 bits per heavy atom. The molecule has 2 aromatic carbocycles. The highest BCUT2D eigenvalue weighted by Gasteiger charge is 2.18. The molecule has 4 N–H and O–H groups in total. The molecule has 3 aromatic rings.